The van der Waals surface area contributed by atoms with Crippen LogP contribution < -0.4 is 5.32 Å². The van der Waals surface area contributed by atoms with Crippen LogP contribution in [0.1, 0.15) is 65.4 Å². The number of rotatable bonds is 3. The first-order valence-corrected chi connectivity index (χ1v) is 10.9. The molecule has 154 valence electrons. The van der Waals surface area contributed by atoms with Crippen LogP contribution in [0.15, 0.2) is 24.3 Å². The molecule has 6 heteroatoms. The molecule has 1 amide bonds. The molecular weight excluding hydrogens is 386 g/mol. The number of phenols is 1. The molecule has 1 aromatic carbocycles. The Balaban J connectivity index is 0.000000252. The fourth-order valence-corrected chi connectivity index (χ4v) is 5.21. The molecule has 2 aromatic rings. The van der Waals surface area contributed by atoms with Crippen LogP contribution in [0, 0.1) is 12.8 Å². The molecule has 0 bridgehead atoms. The number of aryl methyl sites for hydroxylation is 2. The van der Waals surface area contributed by atoms with Gasteiger partial charge in [-0.1, -0.05) is 17.7 Å². The molecule has 2 aliphatic carbocycles. The number of carbonyl (C=O) groups is 3. The van der Waals surface area contributed by atoms with E-state index in [2.05, 4.69) is 5.32 Å². The Labute approximate surface area is 175 Å². The van der Waals surface area contributed by atoms with Gasteiger partial charge in [0.25, 0.3) is 0 Å². The molecule has 2 aliphatic rings. The smallest absolute Gasteiger partial charge is 0.228 e. The molecule has 1 aromatic heterocycles. The highest BCUT2D eigenvalue weighted by molar-refractivity contribution is 7.17. The lowest BCUT2D eigenvalue weighted by atomic mass is 9.88. The topological polar surface area (TPSA) is 83.5 Å². The molecular formula is C23H27NO4S. The molecule has 0 radical (unpaired) electrons. The third-order valence-electron chi connectivity index (χ3n) is 5.40. The van der Waals surface area contributed by atoms with Gasteiger partial charge >= 0.3 is 0 Å². The summed E-state index contributed by atoms with van der Waals surface area (Å²) in [6.45, 7) is 3.54. The van der Waals surface area contributed by atoms with Crippen LogP contribution in [-0.2, 0) is 22.4 Å². The normalized spacial score (nSPS) is 17.9. The number of aromatic hydroxyl groups is 1. The highest BCUT2D eigenvalue weighted by atomic mass is 32.1. The SMILES string of the molecule is CC(=O)c1c(NC(=O)C2CCCC(=O)C2)sc2c1CCC2.Cc1ccc(O)cc1. The molecule has 1 saturated carbocycles. The Morgan fingerprint density at radius 3 is 2.45 bits per heavy atom. The standard InChI is InChI=1S/C16H19NO3S.C7H8O/c1-9(18)14-12-6-3-7-13(12)21-16(14)17-15(20)10-4-2-5-11(19)8-10;1-6-2-4-7(8)5-3-6/h10H,2-8H2,1H3,(H,17,20);2-5,8H,1H3. The van der Waals surface area contributed by atoms with E-state index in [1.54, 1.807) is 19.1 Å². The number of carbonyl (C=O) groups excluding carboxylic acids is 3. The maximum atomic E-state index is 12.3. The number of Topliss-reactive ketones (excluding diaryl/α,β-unsaturated/α-hetero) is 2. The molecule has 0 aliphatic heterocycles. The van der Waals surface area contributed by atoms with Gasteiger partial charge in [-0.2, -0.15) is 0 Å². The van der Waals surface area contributed by atoms with E-state index >= 15 is 0 Å². The summed E-state index contributed by atoms with van der Waals surface area (Å²) in [5.41, 5.74) is 2.99. The predicted octanol–water partition coefficient (Wildman–Crippen LogP) is 4.84. The van der Waals surface area contributed by atoms with Crippen molar-refractivity contribution >= 4 is 33.8 Å². The maximum Gasteiger partial charge on any atom is 0.228 e. The van der Waals surface area contributed by atoms with E-state index in [9.17, 15) is 14.4 Å². The predicted molar refractivity (Wildman–Crippen MR) is 115 cm³/mol. The van der Waals surface area contributed by atoms with Gasteiger partial charge in [-0.3, -0.25) is 14.4 Å². The average Bonchev–Trinajstić information content (AvgIpc) is 3.25. The minimum absolute atomic E-state index is 0.0180. The van der Waals surface area contributed by atoms with E-state index in [1.165, 1.54) is 21.8 Å². The Bertz CT molecular complexity index is 893. The lowest BCUT2D eigenvalue weighted by Crippen LogP contribution is -2.28. The second-order valence-electron chi connectivity index (χ2n) is 7.77. The average molecular weight is 414 g/mol. The van der Waals surface area contributed by atoms with E-state index in [4.69, 9.17) is 5.11 Å². The molecule has 1 atom stereocenters. The maximum absolute atomic E-state index is 12.3. The first kappa shape index (κ1) is 21.2. The number of thiophene rings is 1. The Morgan fingerprint density at radius 2 is 1.83 bits per heavy atom. The summed E-state index contributed by atoms with van der Waals surface area (Å²) in [6.07, 6.45) is 5.50. The van der Waals surface area contributed by atoms with E-state index in [0.717, 1.165) is 37.7 Å². The van der Waals surface area contributed by atoms with Crippen LogP contribution in [0.2, 0.25) is 0 Å². The summed E-state index contributed by atoms with van der Waals surface area (Å²) in [7, 11) is 0. The van der Waals surface area contributed by atoms with Crippen LogP contribution in [0.4, 0.5) is 5.00 Å². The molecule has 2 N–H and O–H groups in total. The van der Waals surface area contributed by atoms with E-state index in [-0.39, 0.29) is 23.4 Å². The molecule has 4 rings (SSSR count). The van der Waals surface area contributed by atoms with Gasteiger partial charge in [0.05, 0.1) is 5.56 Å². The number of ketones is 2. The molecule has 1 unspecified atom stereocenters. The molecule has 29 heavy (non-hydrogen) atoms. The summed E-state index contributed by atoms with van der Waals surface area (Å²) >= 11 is 1.53. The number of anilines is 1. The zero-order valence-corrected chi connectivity index (χ0v) is 17.7. The summed E-state index contributed by atoms with van der Waals surface area (Å²) < 4.78 is 0. The summed E-state index contributed by atoms with van der Waals surface area (Å²) in [5.74, 6) is 0.176. The van der Waals surface area contributed by atoms with E-state index < -0.39 is 0 Å². The monoisotopic (exact) mass is 413 g/mol. The summed E-state index contributed by atoms with van der Waals surface area (Å²) in [6, 6.07) is 7.09. The largest absolute Gasteiger partial charge is 0.508 e. The minimum Gasteiger partial charge on any atom is -0.508 e. The van der Waals surface area contributed by atoms with Gasteiger partial charge < -0.3 is 10.4 Å². The number of amides is 1. The number of hydrogen-bond acceptors (Lipinski definition) is 5. The summed E-state index contributed by atoms with van der Waals surface area (Å²) in [5, 5.41) is 12.4. The van der Waals surface area contributed by atoms with Crippen molar-refractivity contribution in [2.75, 3.05) is 5.32 Å². The van der Waals surface area contributed by atoms with Gasteiger partial charge in [0, 0.05) is 23.6 Å². The van der Waals surface area contributed by atoms with Crippen molar-refractivity contribution in [1.29, 1.82) is 0 Å². The zero-order chi connectivity index (χ0) is 21.0. The highest BCUT2D eigenvalue weighted by Gasteiger charge is 2.29. The second kappa shape index (κ2) is 9.35. The number of hydrogen-bond donors (Lipinski definition) is 2. The molecule has 1 heterocycles. The van der Waals surface area contributed by atoms with Gasteiger partial charge in [0.2, 0.25) is 5.91 Å². The molecule has 1 fully saturated rings. The van der Waals surface area contributed by atoms with Gasteiger partial charge in [-0.05, 0) is 63.6 Å². The van der Waals surface area contributed by atoms with Crippen molar-refractivity contribution in [2.45, 2.75) is 58.8 Å². The third kappa shape index (κ3) is 5.32. The second-order valence-corrected chi connectivity index (χ2v) is 8.88. The van der Waals surface area contributed by atoms with Crippen molar-refractivity contribution in [3.63, 3.8) is 0 Å². The fraction of sp³-hybridized carbons (Fsp3) is 0.435. The fourth-order valence-electron chi connectivity index (χ4n) is 3.87. The van der Waals surface area contributed by atoms with Crippen LogP contribution in [0.3, 0.4) is 0 Å². The van der Waals surface area contributed by atoms with Gasteiger partial charge in [0.1, 0.15) is 16.5 Å². The quantitative estimate of drug-likeness (QED) is 0.706. The van der Waals surface area contributed by atoms with E-state index in [1.807, 2.05) is 19.1 Å². The Morgan fingerprint density at radius 1 is 1.10 bits per heavy atom. The van der Waals surface area contributed by atoms with Crippen molar-refractivity contribution < 1.29 is 19.5 Å². The number of nitrogens with one attached hydrogen (secondary N) is 1. The number of fused-ring (bicyclic) bond motifs is 1. The van der Waals surface area contributed by atoms with Gasteiger partial charge in [0.15, 0.2) is 5.78 Å². The Kier molecular flexibility index (Phi) is 6.85. The van der Waals surface area contributed by atoms with Crippen LogP contribution in [0.5, 0.6) is 5.75 Å². The number of phenolic OH excluding ortho intramolecular Hbond substituents is 1. The Hall–Kier alpha value is -2.47. The summed E-state index contributed by atoms with van der Waals surface area (Å²) in [4.78, 5) is 37.0. The lowest BCUT2D eigenvalue weighted by molar-refractivity contribution is -0.128. The first-order valence-electron chi connectivity index (χ1n) is 10.1. The minimum atomic E-state index is -0.233. The van der Waals surface area contributed by atoms with Crippen LogP contribution >= 0.6 is 11.3 Å². The lowest BCUT2D eigenvalue weighted by Gasteiger charge is -2.20. The molecule has 0 saturated heterocycles. The first-order chi connectivity index (χ1) is 13.8. The van der Waals surface area contributed by atoms with Crippen LogP contribution in [-0.4, -0.2) is 22.6 Å². The van der Waals surface area contributed by atoms with E-state index in [0.29, 0.717) is 29.2 Å². The van der Waals surface area contributed by atoms with Crippen LogP contribution in [0.25, 0.3) is 0 Å². The van der Waals surface area contributed by atoms with Gasteiger partial charge in [-0.25, -0.2) is 0 Å². The molecule has 5 nitrogen and oxygen atoms in total. The van der Waals surface area contributed by atoms with Crippen molar-refractivity contribution in [3.8, 4) is 5.75 Å². The zero-order valence-electron chi connectivity index (χ0n) is 16.9. The number of benzene rings is 1. The molecule has 0 spiro atoms. The third-order valence-corrected chi connectivity index (χ3v) is 6.60. The van der Waals surface area contributed by atoms with Crippen molar-refractivity contribution in [3.05, 3.63) is 45.8 Å². The van der Waals surface area contributed by atoms with Crippen molar-refractivity contribution in [1.82, 2.24) is 0 Å². The van der Waals surface area contributed by atoms with Crippen molar-refractivity contribution in [2.24, 2.45) is 5.92 Å². The van der Waals surface area contributed by atoms with Gasteiger partial charge in [-0.15, -0.1) is 11.3 Å². The highest BCUT2D eigenvalue weighted by Crippen LogP contribution is 2.39.